The van der Waals surface area contributed by atoms with Gasteiger partial charge in [0.1, 0.15) is 0 Å². The highest BCUT2D eigenvalue weighted by molar-refractivity contribution is 5.47. The first-order valence-corrected chi connectivity index (χ1v) is 6.94. The van der Waals surface area contributed by atoms with Crippen molar-refractivity contribution in [2.45, 2.75) is 32.9 Å². The van der Waals surface area contributed by atoms with E-state index in [0.717, 1.165) is 30.0 Å². The van der Waals surface area contributed by atoms with Crippen molar-refractivity contribution in [3.63, 3.8) is 0 Å². The maximum atomic E-state index is 9.15. The van der Waals surface area contributed by atoms with Crippen molar-refractivity contribution in [1.29, 1.82) is 0 Å². The second kappa shape index (κ2) is 6.78. The Morgan fingerprint density at radius 1 is 1.26 bits per heavy atom. The number of hydrogen-bond donors (Lipinski definition) is 2. The number of hydrogen-bond acceptors (Lipinski definition) is 4. The molecule has 1 aromatic rings. The molecule has 1 aromatic carbocycles. The third-order valence-electron chi connectivity index (χ3n) is 3.61. The van der Waals surface area contributed by atoms with Crippen molar-refractivity contribution in [2.24, 2.45) is 5.92 Å². The van der Waals surface area contributed by atoms with Crippen molar-refractivity contribution < 1.29 is 14.6 Å². The smallest absolute Gasteiger partial charge is 0.165 e. The predicted molar refractivity (Wildman–Crippen MR) is 74.6 cm³/mol. The first kappa shape index (κ1) is 14.2. The Bertz CT molecular complexity index is 408. The molecule has 2 N–H and O–H groups in total. The van der Waals surface area contributed by atoms with Gasteiger partial charge >= 0.3 is 0 Å². The van der Waals surface area contributed by atoms with Gasteiger partial charge in [-0.3, -0.25) is 0 Å². The molecule has 0 saturated carbocycles. The number of fused-ring (bicyclic) bond motifs is 1. The van der Waals surface area contributed by atoms with Crippen LogP contribution in [-0.2, 0) is 6.54 Å². The van der Waals surface area contributed by atoms with Crippen LogP contribution in [0.3, 0.4) is 0 Å². The molecule has 0 bridgehead atoms. The van der Waals surface area contributed by atoms with E-state index in [-0.39, 0.29) is 18.6 Å². The van der Waals surface area contributed by atoms with Crippen molar-refractivity contribution >= 4 is 0 Å². The van der Waals surface area contributed by atoms with Gasteiger partial charge in [-0.15, -0.1) is 0 Å². The highest BCUT2D eigenvalue weighted by Crippen LogP contribution is 2.33. The summed E-state index contributed by atoms with van der Waals surface area (Å²) in [6.07, 6.45) is 0.916. The molecule has 106 valence electrons. The summed E-state index contributed by atoms with van der Waals surface area (Å²) in [5.41, 5.74) is 1.11. The summed E-state index contributed by atoms with van der Waals surface area (Å²) >= 11 is 0. The van der Waals surface area contributed by atoms with Gasteiger partial charge < -0.3 is 19.9 Å². The van der Waals surface area contributed by atoms with Gasteiger partial charge in [0, 0.05) is 31.2 Å². The molecule has 4 nitrogen and oxygen atoms in total. The van der Waals surface area contributed by atoms with Crippen molar-refractivity contribution in [3.05, 3.63) is 23.8 Å². The fourth-order valence-electron chi connectivity index (χ4n) is 2.02. The Morgan fingerprint density at radius 3 is 2.84 bits per heavy atom. The van der Waals surface area contributed by atoms with Gasteiger partial charge in [0.2, 0.25) is 0 Å². The Balaban J connectivity index is 2.04. The number of nitrogens with one attached hydrogen (secondary N) is 1. The van der Waals surface area contributed by atoms with Crippen LogP contribution < -0.4 is 14.8 Å². The van der Waals surface area contributed by atoms with Crippen LogP contribution in [0, 0.1) is 5.92 Å². The topological polar surface area (TPSA) is 50.7 Å². The van der Waals surface area contributed by atoms with Gasteiger partial charge in [-0.1, -0.05) is 19.1 Å². The highest BCUT2D eigenvalue weighted by Gasteiger charge is 2.16. The quantitative estimate of drug-likeness (QED) is 0.854. The number of para-hydroxylation sites is 1. The summed E-state index contributed by atoms with van der Waals surface area (Å²) in [4.78, 5) is 0. The van der Waals surface area contributed by atoms with E-state index in [9.17, 15) is 0 Å². The van der Waals surface area contributed by atoms with E-state index < -0.39 is 0 Å². The molecule has 0 aliphatic carbocycles. The number of benzene rings is 1. The van der Waals surface area contributed by atoms with Gasteiger partial charge in [-0.25, -0.2) is 0 Å². The summed E-state index contributed by atoms with van der Waals surface area (Å²) in [5.74, 6) is 1.93. The number of rotatable bonds is 5. The lowest BCUT2D eigenvalue weighted by Gasteiger charge is -2.20. The average Bonchev–Trinajstić information content (AvgIpc) is 2.69. The van der Waals surface area contributed by atoms with Crippen LogP contribution in [0.1, 0.15) is 25.8 Å². The maximum absolute atomic E-state index is 9.15. The third-order valence-corrected chi connectivity index (χ3v) is 3.61. The Kier molecular flexibility index (Phi) is 5.05. The average molecular weight is 265 g/mol. The predicted octanol–water partition coefficient (Wildman–Crippen LogP) is 1.95. The zero-order chi connectivity index (χ0) is 13.7. The molecule has 4 heteroatoms. The lowest BCUT2D eigenvalue weighted by molar-refractivity contribution is 0.206. The normalized spacial score (nSPS) is 17.6. The molecule has 0 amide bonds. The largest absolute Gasteiger partial charge is 0.490 e. The Labute approximate surface area is 114 Å². The van der Waals surface area contributed by atoms with Gasteiger partial charge in [0.05, 0.1) is 13.2 Å². The van der Waals surface area contributed by atoms with Gasteiger partial charge in [0.25, 0.3) is 0 Å². The summed E-state index contributed by atoms with van der Waals surface area (Å²) in [6.45, 7) is 6.44. The Hall–Kier alpha value is -1.26. The minimum Gasteiger partial charge on any atom is -0.490 e. The molecule has 1 aliphatic rings. The maximum Gasteiger partial charge on any atom is 0.165 e. The van der Waals surface area contributed by atoms with Crippen LogP contribution in [0.5, 0.6) is 11.5 Å². The minimum atomic E-state index is 0.195. The molecule has 19 heavy (non-hydrogen) atoms. The first-order valence-electron chi connectivity index (χ1n) is 6.94. The summed E-state index contributed by atoms with van der Waals surface area (Å²) < 4.78 is 11.5. The summed E-state index contributed by atoms with van der Waals surface area (Å²) in [6, 6.07) is 6.25. The van der Waals surface area contributed by atoms with E-state index in [1.54, 1.807) is 0 Å². The molecule has 1 aliphatic heterocycles. The number of ether oxygens (including phenoxy) is 2. The van der Waals surface area contributed by atoms with Crippen LogP contribution in [0.4, 0.5) is 0 Å². The molecule has 1 heterocycles. The van der Waals surface area contributed by atoms with E-state index in [4.69, 9.17) is 14.6 Å². The molecule has 0 radical (unpaired) electrons. The molecule has 2 atom stereocenters. The lowest BCUT2D eigenvalue weighted by atomic mass is 10.0. The van der Waals surface area contributed by atoms with Crippen LogP contribution in [0.2, 0.25) is 0 Å². The molecule has 2 unspecified atom stereocenters. The molecular weight excluding hydrogens is 242 g/mol. The van der Waals surface area contributed by atoms with Crippen molar-refractivity contribution in [3.8, 4) is 11.5 Å². The second-order valence-electron chi connectivity index (χ2n) is 5.12. The van der Waals surface area contributed by atoms with E-state index in [1.807, 2.05) is 19.1 Å². The highest BCUT2D eigenvalue weighted by atomic mass is 16.5. The number of aliphatic hydroxyl groups excluding tert-OH is 1. The molecular formula is C15H23NO3. The number of aliphatic hydroxyl groups is 1. The molecule has 0 fully saturated rings. The third kappa shape index (κ3) is 3.61. The van der Waals surface area contributed by atoms with Gasteiger partial charge in [-0.2, -0.15) is 0 Å². The van der Waals surface area contributed by atoms with Crippen LogP contribution >= 0.6 is 0 Å². The van der Waals surface area contributed by atoms with E-state index in [1.165, 1.54) is 0 Å². The fraction of sp³-hybridized carbons (Fsp3) is 0.600. The van der Waals surface area contributed by atoms with E-state index in [0.29, 0.717) is 13.2 Å². The fourth-order valence-corrected chi connectivity index (χ4v) is 2.02. The zero-order valence-corrected chi connectivity index (χ0v) is 11.7. The van der Waals surface area contributed by atoms with Crippen LogP contribution in [0.15, 0.2) is 18.2 Å². The first-order chi connectivity index (χ1) is 9.22. The molecule has 2 rings (SSSR count). The van der Waals surface area contributed by atoms with Crippen molar-refractivity contribution in [2.75, 3.05) is 19.8 Å². The molecule has 0 saturated heterocycles. The SMILES string of the molecule is CC(CO)C(C)NCc1cccc2c1OCCCO2. The second-order valence-corrected chi connectivity index (χ2v) is 5.12. The summed E-state index contributed by atoms with van der Waals surface area (Å²) in [5, 5.41) is 12.6. The Morgan fingerprint density at radius 2 is 2.05 bits per heavy atom. The molecule has 0 aromatic heterocycles. The molecule has 0 spiro atoms. The standard InChI is InChI=1S/C15H23NO3/c1-11(10-17)12(2)16-9-13-5-3-6-14-15(13)19-8-4-7-18-14/h3,5-6,11-12,16-17H,4,7-10H2,1-2H3. The van der Waals surface area contributed by atoms with Crippen LogP contribution in [0.25, 0.3) is 0 Å². The monoisotopic (exact) mass is 265 g/mol. The van der Waals surface area contributed by atoms with Gasteiger partial charge in [0.15, 0.2) is 11.5 Å². The van der Waals surface area contributed by atoms with Crippen molar-refractivity contribution in [1.82, 2.24) is 5.32 Å². The van der Waals surface area contributed by atoms with E-state index >= 15 is 0 Å². The van der Waals surface area contributed by atoms with E-state index in [2.05, 4.69) is 18.3 Å². The zero-order valence-electron chi connectivity index (χ0n) is 11.7. The lowest BCUT2D eigenvalue weighted by Crippen LogP contribution is -2.33. The van der Waals surface area contributed by atoms with Gasteiger partial charge in [-0.05, 0) is 18.9 Å². The van der Waals surface area contributed by atoms with Crippen LogP contribution in [-0.4, -0.2) is 31.0 Å². The minimum absolute atomic E-state index is 0.195. The summed E-state index contributed by atoms with van der Waals surface area (Å²) in [7, 11) is 0.